The van der Waals surface area contributed by atoms with Gasteiger partial charge in [-0.05, 0) is 35.6 Å². The number of ether oxygens (including phenoxy) is 1. The van der Waals surface area contributed by atoms with Gasteiger partial charge in [-0.2, -0.15) is 0 Å². The van der Waals surface area contributed by atoms with E-state index in [2.05, 4.69) is 36.6 Å². The van der Waals surface area contributed by atoms with E-state index in [1.165, 1.54) is 4.88 Å². The highest BCUT2D eigenvalue weighted by molar-refractivity contribution is 7.09. The SMILES string of the molecule is CCCCOc1ccc(C(N)Cc2cccs2)cc1. The summed E-state index contributed by atoms with van der Waals surface area (Å²) in [5.41, 5.74) is 7.39. The molecule has 2 N–H and O–H groups in total. The molecule has 3 heteroatoms. The molecule has 0 fully saturated rings. The second-order valence-electron chi connectivity index (χ2n) is 4.66. The Labute approximate surface area is 119 Å². The van der Waals surface area contributed by atoms with Crippen molar-refractivity contribution in [2.24, 2.45) is 5.73 Å². The van der Waals surface area contributed by atoms with Crippen LogP contribution >= 0.6 is 11.3 Å². The minimum atomic E-state index is 0.0586. The van der Waals surface area contributed by atoms with Crippen LogP contribution in [0, 0.1) is 0 Å². The molecule has 1 atom stereocenters. The molecule has 0 saturated heterocycles. The number of hydrogen-bond donors (Lipinski definition) is 1. The summed E-state index contributed by atoms with van der Waals surface area (Å²) < 4.78 is 5.65. The Hall–Kier alpha value is -1.32. The number of hydrogen-bond acceptors (Lipinski definition) is 3. The van der Waals surface area contributed by atoms with Crippen molar-refractivity contribution in [3.63, 3.8) is 0 Å². The molecule has 1 aromatic heterocycles. The zero-order valence-electron chi connectivity index (χ0n) is 11.3. The van der Waals surface area contributed by atoms with E-state index >= 15 is 0 Å². The fourth-order valence-corrected chi connectivity index (χ4v) is 2.67. The molecule has 0 spiro atoms. The van der Waals surface area contributed by atoms with E-state index in [9.17, 15) is 0 Å². The van der Waals surface area contributed by atoms with Crippen LogP contribution < -0.4 is 10.5 Å². The highest BCUT2D eigenvalue weighted by Crippen LogP contribution is 2.21. The van der Waals surface area contributed by atoms with E-state index in [0.29, 0.717) is 0 Å². The van der Waals surface area contributed by atoms with Gasteiger partial charge < -0.3 is 10.5 Å². The van der Waals surface area contributed by atoms with Crippen LogP contribution in [0.1, 0.15) is 36.2 Å². The Kier molecular flexibility index (Phi) is 5.43. The fraction of sp³-hybridized carbons (Fsp3) is 0.375. The van der Waals surface area contributed by atoms with Gasteiger partial charge in [-0.3, -0.25) is 0 Å². The molecule has 0 radical (unpaired) electrons. The molecule has 102 valence electrons. The first-order valence-electron chi connectivity index (χ1n) is 6.80. The van der Waals surface area contributed by atoms with Crippen molar-refractivity contribution >= 4 is 11.3 Å². The molecular formula is C16H21NOS. The summed E-state index contributed by atoms with van der Waals surface area (Å²) in [5.74, 6) is 0.931. The van der Waals surface area contributed by atoms with Crippen molar-refractivity contribution in [1.82, 2.24) is 0 Å². The van der Waals surface area contributed by atoms with Crippen molar-refractivity contribution in [1.29, 1.82) is 0 Å². The van der Waals surface area contributed by atoms with E-state index in [1.807, 2.05) is 12.1 Å². The van der Waals surface area contributed by atoms with Crippen molar-refractivity contribution in [3.8, 4) is 5.75 Å². The third kappa shape index (κ3) is 4.37. The van der Waals surface area contributed by atoms with E-state index < -0.39 is 0 Å². The van der Waals surface area contributed by atoms with Gasteiger partial charge in [0.1, 0.15) is 5.75 Å². The molecule has 0 amide bonds. The molecule has 0 bridgehead atoms. The molecule has 2 aromatic rings. The van der Waals surface area contributed by atoms with E-state index in [0.717, 1.165) is 37.2 Å². The van der Waals surface area contributed by atoms with Gasteiger partial charge in [0.15, 0.2) is 0 Å². The molecule has 0 aliphatic heterocycles. The van der Waals surface area contributed by atoms with Gasteiger partial charge in [0.25, 0.3) is 0 Å². The maximum atomic E-state index is 6.22. The molecule has 2 rings (SSSR count). The quantitative estimate of drug-likeness (QED) is 0.770. The normalized spacial score (nSPS) is 12.3. The van der Waals surface area contributed by atoms with Crippen molar-refractivity contribution in [2.45, 2.75) is 32.2 Å². The lowest BCUT2D eigenvalue weighted by Gasteiger charge is -2.12. The van der Waals surface area contributed by atoms with E-state index in [1.54, 1.807) is 11.3 Å². The Morgan fingerprint density at radius 1 is 1.21 bits per heavy atom. The summed E-state index contributed by atoms with van der Waals surface area (Å²) in [7, 11) is 0. The Morgan fingerprint density at radius 2 is 2.00 bits per heavy atom. The molecule has 1 unspecified atom stereocenters. The average Bonchev–Trinajstić information content (AvgIpc) is 2.93. The summed E-state index contributed by atoms with van der Waals surface area (Å²) in [6.45, 7) is 2.95. The largest absolute Gasteiger partial charge is 0.494 e. The number of benzene rings is 1. The van der Waals surface area contributed by atoms with Crippen LogP contribution in [-0.2, 0) is 6.42 Å². The van der Waals surface area contributed by atoms with Crippen molar-refractivity contribution < 1.29 is 4.74 Å². The number of unbranched alkanes of at least 4 members (excludes halogenated alkanes) is 1. The van der Waals surface area contributed by atoms with E-state index in [4.69, 9.17) is 10.5 Å². The Morgan fingerprint density at radius 3 is 2.63 bits per heavy atom. The van der Waals surface area contributed by atoms with Crippen LogP contribution in [0.25, 0.3) is 0 Å². The monoisotopic (exact) mass is 275 g/mol. The summed E-state index contributed by atoms with van der Waals surface area (Å²) >= 11 is 1.76. The molecular weight excluding hydrogens is 254 g/mol. The summed E-state index contributed by atoms with van der Waals surface area (Å²) in [6, 6.07) is 12.4. The lowest BCUT2D eigenvalue weighted by Crippen LogP contribution is -2.12. The molecule has 1 aromatic carbocycles. The van der Waals surface area contributed by atoms with Crippen molar-refractivity contribution in [3.05, 3.63) is 52.2 Å². The molecule has 0 aliphatic carbocycles. The van der Waals surface area contributed by atoms with Crippen molar-refractivity contribution in [2.75, 3.05) is 6.61 Å². The molecule has 0 saturated carbocycles. The average molecular weight is 275 g/mol. The second-order valence-corrected chi connectivity index (χ2v) is 5.69. The minimum absolute atomic E-state index is 0.0586. The van der Waals surface area contributed by atoms with Gasteiger partial charge in [-0.25, -0.2) is 0 Å². The lowest BCUT2D eigenvalue weighted by molar-refractivity contribution is 0.309. The Bertz CT molecular complexity index is 464. The zero-order valence-corrected chi connectivity index (χ0v) is 12.2. The van der Waals surface area contributed by atoms with Gasteiger partial charge in [-0.1, -0.05) is 31.5 Å². The van der Waals surface area contributed by atoms with Gasteiger partial charge in [0, 0.05) is 17.3 Å². The van der Waals surface area contributed by atoms with Gasteiger partial charge >= 0.3 is 0 Å². The molecule has 2 nitrogen and oxygen atoms in total. The molecule has 1 heterocycles. The maximum Gasteiger partial charge on any atom is 0.119 e. The van der Waals surface area contributed by atoms with Gasteiger partial charge in [0.05, 0.1) is 6.61 Å². The topological polar surface area (TPSA) is 35.2 Å². The fourth-order valence-electron chi connectivity index (χ4n) is 1.91. The predicted molar refractivity (Wildman–Crippen MR) is 81.8 cm³/mol. The van der Waals surface area contributed by atoms with Crippen LogP contribution in [-0.4, -0.2) is 6.61 Å². The van der Waals surface area contributed by atoms with Crippen LogP contribution in [0.5, 0.6) is 5.75 Å². The second kappa shape index (κ2) is 7.31. The van der Waals surface area contributed by atoms with Crippen LogP contribution in [0.2, 0.25) is 0 Å². The highest BCUT2D eigenvalue weighted by atomic mass is 32.1. The van der Waals surface area contributed by atoms with Gasteiger partial charge in [0.2, 0.25) is 0 Å². The van der Waals surface area contributed by atoms with Gasteiger partial charge in [-0.15, -0.1) is 11.3 Å². The highest BCUT2D eigenvalue weighted by Gasteiger charge is 2.07. The number of thiophene rings is 1. The van der Waals surface area contributed by atoms with E-state index in [-0.39, 0.29) is 6.04 Å². The van der Waals surface area contributed by atoms with Crippen LogP contribution in [0.15, 0.2) is 41.8 Å². The standard InChI is InChI=1S/C16H21NOS/c1-2-3-10-18-14-8-6-13(7-9-14)16(17)12-15-5-4-11-19-15/h4-9,11,16H,2-3,10,12,17H2,1H3. The Balaban J connectivity index is 1.90. The minimum Gasteiger partial charge on any atom is -0.494 e. The smallest absolute Gasteiger partial charge is 0.119 e. The first kappa shape index (κ1) is 14.1. The lowest BCUT2D eigenvalue weighted by atomic mass is 10.0. The summed E-state index contributed by atoms with van der Waals surface area (Å²) in [6.07, 6.45) is 3.15. The third-order valence-corrected chi connectivity index (χ3v) is 3.97. The molecule has 0 aliphatic rings. The third-order valence-electron chi connectivity index (χ3n) is 3.08. The maximum absolute atomic E-state index is 6.22. The zero-order chi connectivity index (χ0) is 13.5. The first-order valence-corrected chi connectivity index (χ1v) is 7.68. The van der Waals surface area contributed by atoms with Crippen LogP contribution in [0.4, 0.5) is 0 Å². The summed E-state index contributed by atoms with van der Waals surface area (Å²) in [5, 5.41) is 2.09. The number of nitrogens with two attached hydrogens (primary N) is 1. The number of rotatable bonds is 7. The first-order chi connectivity index (χ1) is 9.29. The summed E-state index contributed by atoms with van der Waals surface area (Å²) in [4.78, 5) is 1.33. The predicted octanol–water partition coefficient (Wildman–Crippen LogP) is 4.17. The van der Waals surface area contributed by atoms with Crippen LogP contribution in [0.3, 0.4) is 0 Å². The molecule has 19 heavy (non-hydrogen) atoms.